The normalized spacial score (nSPS) is 11.0. The first-order valence-corrected chi connectivity index (χ1v) is 8.99. The quantitative estimate of drug-likeness (QED) is 0.533. The van der Waals surface area contributed by atoms with Gasteiger partial charge in [-0.15, -0.1) is 5.10 Å². The Morgan fingerprint density at radius 2 is 2.04 bits per heavy atom. The maximum atomic E-state index is 12.4. The molecule has 4 aromatic heterocycles. The van der Waals surface area contributed by atoms with Crippen molar-refractivity contribution in [3.05, 3.63) is 65.0 Å². The number of hydrogen-bond donors (Lipinski definition) is 2. The maximum Gasteiger partial charge on any atom is 0.350 e. The zero-order valence-electron chi connectivity index (χ0n) is 15.3. The number of aromatic nitrogens is 6. The summed E-state index contributed by atoms with van der Waals surface area (Å²) in [7, 11) is 0. The molecule has 0 aliphatic carbocycles. The Morgan fingerprint density at radius 1 is 1.21 bits per heavy atom. The van der Waals surface area contributed by atoms with Gasteiger partial charge in [0.05, 0.1) is 12.2 Å². The summed E-state index contributed by atoms with van der Waals surface area (Å²) in [5, 5.41) is 14.3. The molecular formula is C19H19N7O2. The first-order valence-electron chi connectivity index (χ1n) is 8.99. The van der Waals surface area contributed by atoms with Crippen LogP contribution in [-0.2, 0) is 17.8 Å². The molecule has 4 heterocycles. The van der Waals surface area contributed by atoms with E-state index in [9.17, 15) is 9.59 Å². The second-order valence-electron chi connectivity index (χ2n) is 6.25. The molecule has 28 heavy (non-hydrogen) atoms. The molecule has 0 fully saturated rings. The number of hydrogen-bond acceptors (Lipinski definition) is 5. The fourth-order valence-corrected chi connectivity index (χ4v) is 3.09. The van der Waals surface area contributed by atoms with Crippen molar-refractivity contribution in [1.29, 1.82) is 0 Å². The van der Waals surface area contributed by atoms with Gasteiger partial charge in [-0.25, -0.2) is 9.48 Å². The SMILES string of the molecule is CCc1c(NC(=O)CCn2nc3ccccn3c2=O)n[nH]c1-c1ccncc1. The van der Waals surface area contributed by atoms with Crippen LogP contribution in [0.1, 0.15) is 18.9 Å². The Balaban J connectivity index is 1.47. The molecule has 4 aromatic rings. The standard InChI is InChI=1S/C19H19N7O2/c1-2-14-17(13-6-9-20-10-7-13)22-23-18(14)21-16(27)8-12-26-19(28)25-11-4-3-5-15(25)24-26/h3-7,9-11H,2,8,12H2,1H3,(H2,21,22,23,27). The van der Waals surface area contributed by atoms with E-state index in [1.54, 1.807) is 30.7 Å². The van der Waals surface area contributed by atoms with Gasteiger partial charge in [0.1, 0.15) is 0 Å². The molecule has 0 unspecified atom stereocenters. The Bertz CT molecular complexity index is 1170. The van der Waals surface area contributed by atoms with Crippen molar-refractivity contribution >= 4 is 17.4 Å². The molecule has 0 aromatic carbocycles. The first kappa shape index (κ1) is 17.7. The third-order valence-corrected chi connectivity index (χ3v) is 4.49. The average molecular weight is 377 g/mol. The fourth-order valence-electron chi connectivity index (χ4n) is 3.09. The predicted octanol–water partition coefficient (Wildman–Crippen LogP) is 1.87. The highest BCUT2D eigenvalue weighted by atomic mass is 16.2. The average Bonchev–Trinajstić information content (AvgIpc) is 3.28. The minimum absolute atomic E-state index is 0.115. The van der Waals surface area contributed by atoms with Crippen LogP contribution in [0.15, 0.2) is 53.7 Å². The third kappa shape index (κ3) is 3.29. The van der Waals surface area contributed by atoms with Gasteiger partial charge in [0.25, 0.3) is 0 Å². The Labute approximate surface area is 160 Å². The topological polar surface area (TPSA) is 110 Å². The number of anilines is 1. The number of pyridine rings is 2. The number of carbonyl (C=O) groups is 1. The summed E-state index contributed by atoms with van der Waals surface area (Å²) >= 11 is 0. The van der Waals surface area contributed by atoms with Crippen molar-refractivity contribution in [3.63, 3.8) is 0 Å². The molecule has 0 aliphatic heterocycles. The minimum atomic E-state index is -0.266. The number of aryl methyl sites for hydroxylation is 1. The number of fused-ring (bicyclic) bond motifs is 1. The molecule has 4 rings (SSSR count). The highest BCUT2D eigenvalue weighted by Gasteiger charge is 2.16. The second-order valence-corrected chi connectivity index (χ2v) is 6.25. The van der Waals surface area contributed by atoms with Crippen LogP contribution in [0.3, 0.4) is 0 Å². The third-order valence-electron chi connectivity index (χ3n) is 4.49. The molecule has 0 atom stereocenters. The van der Waals surface area contributed by atoms with Gasteiger partial charge >= 0.3 is 5.69 Å². The van der Waals surface area contributed by atoms with E-state index < -0.39 is 0 Å². The Hall–Kier alpha value is -3.75. The molecule has 1 amide bonds. The minimum Gasteiger partial charge on any atom is -0.309 e. The summed E-state index contributed by atoms with van der Waals surface area (Å²) in [5.74, 6) is 0.271. The smallest absolute Gasteiger partial charge is 0.309 e. The number of rotatable bonds is 6. The van der Waals surface area contributed by atoms with E-state index in [0.29, 0.717) is 17.9 Å². The Morgan fingerprint density at radius 3 is 2.79 bits per heavy atom. The predicted molar refractivity (Wildman–Crippen MR) is 104 cm³/mol. The fraction of sp³-hybridized carbons (Fsp3) is 0.211. The molecule has 0 spiro atoms. The van der Waals surface area contributed by atoms with E-state index in [1.165, 1.54) is 9.08 Å². The van der Waals surface area contributed by atoms with Crippen molar-refractivity contribution in [2.24, 2.45) is 0 Å². The number of carbonyl (C=O) groups excluding carboxylic acids is 1. The lowest BCUT2D eigenvalue weighted by atomic mass is 10.1. The van der Waals surface area contributed by atoms with E-state index in [0.717, 1.165) is 16.8 Å². The van der Waals surface area contributed by atoms with Gasteiger partial charge in [-0.05, 0) is 30.7 Å². The van der Waals surface area contributed by atoms with Gasteiger partial charge in [-0.1, -0.05) is 13.0 Å². The monoisotopic (exact) mass is 377 g/mol. The summed E-state index contributed by atoms with van der Waals surface area (Å²) < 4.78 is 2.74. The highest BCUT2D eigenvalue weighted by Crippen LogP contribution is 2.26. The lowest BCUT2D eigenvalue weighted by Crippen LogP contribution is -2.24. The van der Waals surface area contributed by atoms with E-state index >= 15 is 0 Å². The first-order chi connectivity index (χ1) is 13.7. The van der Waals surface area contributed by atoms with Gasteiger partial charge in [-0.2, -0.15) is 5.10 Å². The molecule has 0 radical (unpaired) electrons. The maximum absolute atomic E-state index is 12.4. The van der Waals surface area contributed by atoms with Gasteiger partial charge in [0, 0.05) is 36.1 Å². The van der Waals surface area contributed by atoms with Crippen LogP contribution in [0.25, 0.3) is 16.9 Å². The summed E-state index contributed by atoms with van der Waals surface area (Å²) in [6, 6.07) is 9.08. The molecule has 0 aliphatic rings. The lowest BCUT2D eigenvalue weighted by Gasteiger charge is -2.05. The zero-order chi connectivity index (χ0) is 19.5. The van der Waals surface area contributed by atoms with Gasteiger partial charge in [-0.3, -0.25) is 19.3 Å². The number of nitrogens with one attached hydrogen (secondary N) is 2. The van der Waals surface area contributed by atoms with Gasteiger partial charge in [0.15, 0.2) is 11.5 Å². The summed E-state index contributed by atoms with van der Waals surface area (Å²) in [6.45, 7) is 2.19. The molecule has 9 nitrogen and oxygen atoms in total. The van der Waals surface area contributed by atoms with Crippen molar-refractivity contribution in [2.45, 2.75) is 26.3 Å². The van der Waals surface area contributed by atoms with Gasteiger partial charge < -0.3 is 5.32 Å². The summed E-state index contributed by atoms with van der Waals surface area (Å²) in [4.78, 5) is 28.7. The molecule has 142 valence electrons. The highest BCUT2D eigenvalue weighted by molar-refractivity contribution is 5.91. The van der Waals surface area contributed by atoms with Crippen molar-refractivity contribution in [3.8, 4) is 11.3 Å². The molecular weight excluding hydrogens is 358 g/mol. The van der Waals surface area contributed by atoms with Crippen molar-refractivity contribution in [1.82, 2.24) is 29.4 Å². The molecule has 9 heteroatoms. The van der Waals surface area contributed by atoms with E-state index in [1.807, 2.05) is 25.1 Å². The Kier molecular flexibility index (Phi) is 4.71. The van der Waals surface area contributed by atoms with Crippen LogP contribution < -0.4 is 11.0 Å². The van der Waals surface area contributed by atoms with Crippen molar-refractivity contribution < 1.29 is 4.79 Å². The van der Waals surface area contributed by atoms with Crippen LogP contribution in [-0.4, -0.2) is 35.3 Å². The lowest BCUT2D eigenvalue weighted by molar-refractivity contribution is -0.116. The van der Waals surface area contributed by atoms with Crippen molar-refractivity contribution in [2.75, 3.05) is 5.32 Å². The van der Waals surface area contributed by atoms with E-state index in [-0.39, 0.29) is 24.6 Å². The molecule has 2 N–H and O–H groups in total. The van der Waals surface area contributed by atoms with Crippen LogP contribution in [0.4, 0.5) is 5.82 Å². The summed E-state index contributed by atoms with van der Waals surface area (Å²) in [6.07, 6.45) is 5.89. The van der Waals surface area contributed by atoms with Crippen LogP contribution in [0, 0.1) is 0 Å². The number of amides is 1. The second kappa shape index (κ2) is 7.47. The van der Waals surface area contributed by atoms with E-state index in [4.69, 9.17) is 0 Å². The largest absolute Gasteiger partial charge is 0.350 e. The number of H-pyrrole nitrogens is 1. The zero-order valence-corrected chi connectivity index (χ0v) is 15.3. The van der Waals surface area contributed by atoms with Crippen LogP contribution in [0.2, 0.25) is 0 Å². The van der Waals surface area contributed by atoms with Gasteiger partial charge in [0.2, 0.25) is 5.91 Å². The van der Waals surface area contributed by atoms with Crippen LogP contribution >= 0.6 is 0 Å². The molecule has 0 bridgehead atoms. The summed E-state index contributed by atoms with van der Waals surface area (Å²) in [5.41, 5.74) is 3.02. The number of aromatic amines is 1. The van der Waals surface area contributed by atoms with Crippen LogP contribution in [0.5, 0.6) is 0 Å². The number of nitrogens with zero attached hydrogens (tertiary/aromatic N) is 5. The molecule has 0 saturated heterocycles. The molecule has 0 saturated carbocycles. The van der Waals surface area contributed by atoms with E-state index in [2.05, 4.69) is 25.6 Å².